The molecule has 2 aliphatic carbocycles. The fourth-order valence-corrected chi connectivity index (χ4v) is 5.63. The first-order valence-corrected chi connectivity index (χ1v) is 12.4. The number of non-ortho nitro benzene ring substituents is 1. The fraction of sp³-hybridized carbons (Fsp3) is 0.296. The molecule has 0 saturated carbocycles. The second-order valence-electron chi connectivity index (χ2n) is 9.49. The van der Waals surface area contributed by atoms with Crippen LogP contribution < -0.4 is 4.74 Å². The van der Waals surface area contributed by atoms with E-state index in [1.54, 1.807) is 29.2 Å². The van der Waals surface area contributed by atoms with Gasteiger partial charge in [-0.1, -0.05) is 18.2 Å². The Kier molecular flexibility index (Phi) is 6.69. The average molecular weight is 533 g/mol. The van der Waals surface area contributed by atoms with Crippen molar-refractivity contribution in [2.45, 2.75) is 44.4 Å². The van der Waals surface area contributed by atoms with Crippen LogP contribution in [0.5, 0.6) is 11.5 Å². The number of carbonyl (C=O) groups excluding carboxylic acids is 2. The van der Waals surface area contributed by atoms with Crippen LogP contribution in [0.3, 0.4) is 0 Å². The zero-order chi connectivity index (χ0) is 27.8. The van der Waals surface area contributed by atoms with Crippen LogP contribution in [0.2, 0.25) is 0 Å². The molecule has 12 nitrogen and oxygen atoms in total. The minimum absolute atomic E-state index is 0.140. The highest BCUT2D eigenvalue weighted by atomic mass is 16.6. The monoisotopic (exact) mass is 533 g/mol. The summed E-state index contributed by atoms with van der Waals surface area (Å²) in [5, 5.41) is 32.5. The van der Waals surface area contributed by atoms with Gasteiger partial charge in [-0.3, -0.25) is 34.6 Å². The molecule has 2 aromatic carbocycles. The summed E-state index contributed by atoms with van der Waals surface area (Å²) in [5.74, 6) is -2.42. The van der Waals surface area contributed by atoms with Crippen molar-refractivity contribution in [1.82, 2.24) is 4.90 Å². The summed E-state index contributed by atoms with van der Waals surface area (Å²) >= 11 is 0. The molecule has 0 atom stereocenters. The number of Topliss-reactive ketones (excluding diaryl/α,β-unsaturated/α-hetero) is 2. The SMILES string of the molecule is O=C(O)CN1C2=C(C(=O)CCC2)C(c2ccccc2Oc2ccc([N+](=O)[O-])cc2[N+](=O)[O-])C2=C1CCCC2=O. The standard InChI is InChI=1S/C27H23N3O9/c31-20-8-3-6-17-26(20)25(27-18(7-4-9-21(27)32)28(17)14-24(33)34)16-5-1-2-10-22(16)39-23-12-11-15(29(35)36)13-19(23)30(37)38/h1-2,5,10-13,25H,3-4,6-9,14H2,(H,33,34). The van der Waals surface area contributed by atoms with Crippen LogP contribution in [0.25, 0.3) is 0 Å². The van der Waals surface area contributed by atoms with Crippen molar-refractivity contribution in [3.8, 4) is 11.5 Å². The molecular formula is C27H23N3O9. The Morgan fingerprint density at radius 1 is 0.897 bits per heavy atom. The largest absolute Gasteiger partial charge is 0.480 e. The number of allylic oxidation sites excluding steroid dienone is 4. The van der Waals surface area contributed by atoms with E-state index in [1.165, 1.54) is 0 Å². The summed E-state index contributed by atoms with van der Waals surface area (Å²) in [5.41, 5.74) is 1.16. The lowest BCUT2D eigenvalue weighted by atomic mass is 9.70. The molecule has 0 amide bonds. The van der Waals surface area contributed by atoms with Crippen molar-refractivity contribution in [3.05, 3.63) is 90.8 Å². The number of carboxylic acids is 1. The van der Waals surface area contributed by atoms with Crippen LogP contribution in [0.1, 0.15) is 50.0 Å². The van der Waals surface area contributed by atoms with Gasteiger partial charge >= 0.3 is 11.7 Å². The zero-order valence-electron chi connectivity index (χ0n) is 20.6. The number of nitro benzene ring substituents is 2. The molecule has 1 heterocycles. The first kappa shape index (κ1) is 25.8. The van der Waals surface area contributed by atoms with Gasteiger partial charge in [0.15, 0.2) is 11.6 Å². The Morgan fingerprint density at radius 2 is 1.51 bits per heavy atom. The van der Waals surface area contributed by atoms with Gasteiger partial charge in [0.1, 0.15) is 12.3 Å². The van der Waals surface area contributed by atoms with E-state index in [0.29, 0.717) is 53.8 Å². The second kappa shape index (κ2) is 10.1. The quantitative estimate of drug-likeness (QED) is 0.385. The molecule has 0 fully saturated rings. The Labute approximate surface area is 221 Å². The van der Waals surface area contributed by atoms with Crippen LogP contribution in [0, 0.1) is 20.2 Å². The average Bonchev–Trinajstić information content (AvgIpc) is 2.89. The maximum absolute atomic E-state index is 13.4. The number of rotatable bonds is 7. The van der Waals surface area contributed by atoms with Crippen molar-refractivity contribution in [2.75, 3.05) is 6.54 Å². The zero-order valence-corrected chi connectivity index (χ0v) is 20.6. The van der Waals surface area contributed by atoms with Gasteiger partial charge in [-0.15, -0.1) is 0 Å². The molecule has 1 aliphatic heterocycles. The highest BCUT2D eigenvalue weighted by Crippen LogP contribution is 2.51. The van der Waals surface area contributed by atoms with Crippen LogP contribution in [0.4, 0.5) is 11.4 Å². The maximum Gasteiger partial charge on any atom is 0.323 e. The molecule has 5 rings (SSSR count). The Bertz CT molecular complexity index is 1460. The summed E-state index contributed by atoms with van der Waals surface area (Å²) < 4.78 is 5.97. The van der Waals surface area contributed by atoms with Crippen LogP contribution in [-0.2, 0) is 14.4 Å². The molecule has 0 spiro atoms. The topological polar surface area (TPSA) is 170 Å². The summed E-state index contributed by atoms with van der Waals surface area (Å²) in [6.45, 7) is -0.377. The van der Waals surface area contributed by atoms with Crippen LogP contribution in [-0.4, -0.2) is 43.9 Å². The number of aliphatic carboxylic acids is 1. The van der Waals surface area contributed by atoms with E-state index in [9.17, 15) is 39.7 Å². The van der Waals surface area contributed by atoms with Gasteiger partial charge in [0.2, 0.25) is 5.75 Å². The number of para-hydroxylation sites is 1. The summed E-state index contributed by atoms with van der Waals surface area (Å²) in [6, 6.07) is 9.57. The van der Waals surface area contributed by atoms with Crippen molar-refractivity contribution in [3.63, 3.8) is 0 Å². The number of benzene rings is 2. The van der Waals surface area contributed by atoms with Gasteiger partial charge < -0.3 is 14.7 Å². The third-order valence-electron chi connectivity index (χ3n) is 7.18. The van der Waals surface area contributed by atoms with Crippen LogP contribution >= 0.6 is 0 Å². The van der Waals surface area contributed by atoms with E-state index in [4.69, 9.17) is 4.74 Å². The summed E-state index contributed by atoms with van der Waals surface area (Å²) in [4.78, 5) is 61.5. The molecule has 0 aromatic heterocycles. The fourth-order valence-electron chi connectivity index (χ4n) is 5.63. The van der Waals surface area contributed by atoms with Crippen molar-refractivity contribution in [1.29, 1.82) is 0 Å². The number of ether oxygens (including phenoxy) is 1. The van der Waals surface area contributed by atoms with E-state index in [0.717, 1.165) is 18.2 Å². The molecule has 1 N–H and O–H groups in total. The number of carboxylic acid groups (broad SMARTS) is 1. The number of ketones is 2. The lowest BCUT2D eigenvalue weighted by molar-refractivity contribution is -0.394. The van der Waals surface area contributed by atoms with Gasteiger partial charge in [0, 0.05) is 52.9 Å². The molecule has 3 aliphatic rings. The minimum Gasteiger partial charge on any atom is -0.480 e. The van der Waals surface area contributed by atoms with E-state index in [1.807, 2.05) is 0 Å². The molecule has 0 bridgehead atoms. The lowest BCUT2D eigenvalue weighted by Crippen LogP contribution is -2.41. The Balaban J connectivity index is 1.69. The first-order valence-electron chi connectivity index (χ1n) is 12.4. The molecular weight excluding hydrogens is 510 g/mol. The Hall–Kier alpha value is -4.87. The highest BCUT2D eigenvalue weighted by molar-refractivity contribution is 6.06. The van der Waals surface area contributed by atoms with E-state index in [-0.39, 0.29) is 42.5 Å². The van der Waals surface area contributed by atoms with Gasteiger partial charge in [0.25, 0.3) is 5.69 Å². The third kappa shape index (κ3) is 4.65. The van der Waals surface area contributed by atoms with Crippen molar-refractivity contribution < 1.29 is 34.1 Å². The van der Waals surface area contributed by atoms with Gasteiger partial charge in [-0.05, 0) is 37.8 Å². The molecule has 0 radical (unpaired) electrons. The van der Waals surface area contributed by atoms with Crippen molar-refractivity contribution in [2.24, 2.45) is 0 Å². The van der Waals surface area contributed by atoms with Crippen LogP contribution in [0.15, 0.2) is 65.0 Å². The number of nitrogens with zero attached hydrogens (tertiary/aromatic N) is 3. The van der Waals surface area contributed by atoms with E-state index < -0.39 is 33.1 Å². The molecule has 200 valence electrons. The van der Waals surface area contributed by atoms with E-state index >= 15 is 0 Å². The van der Waals surface area contributed by atoms with Gasteiger partial charge in [-0.25, -0.2) is 0 Å². The second-order valence-corrected chi connectivity index (χ2v) is 9.49. The molecule has 0 unspecified atom stereocenters. The Morgan fingerprint density at radius 3 is 2.08 bits per heavy atom. The molecule has 39 heavy (non-hydrogen) atoms. The molecule has 0 saturated heterocycles. The predicted molar refractivity (Wildman–Crippen MR) is 135 cm³/mol. The highest BCUT2D eigenvalue weighted by Gasteiger charge is 2.44. The number of hydrogen-bond donors (Lipinski definition) is 1. The molecule has 12 heteroatoms. The first-order chi connectivity index (χ1) is 18.7. The van der Waals surface area contributed by atoms with Crippen molar-refractivity contribution >= 4 is 28.9 Å². The number of carbonyl (C=O) groups is 3. The predicted octanol–water partition coefficient (Wildman–Crippen LogP) is 4.79. The number of nitro groups is 2. The van der Waals surface area contributed by atoms with Gasteiger partial charge in [-0.2, -0.15) is 0 Å². The van der Waals surface area contributed by atoms with E-state index in [2.05, 4.69) is 0 Å². The minimum atomic E-state index is -1.09. The number of hydrogen-bond acceptors (Lipinski definition) is 9. The molecule has 2 aromatic rings. The third-order valence-corrected chi connectivity index (χ3v) is 7.18. The van der Waals surface area contributed by atoms with Gasteiger partial charge in [0.05, 0.1) is 15.9 Å². The summed E-state index contributed by atoms with van der Waals surface area (Å²) in [6.07, 6.45) is 2.50. The summed E-state index contributed by atoms with van der Waals surface area (Å²) in [7, 11) is 0. The normalized spacial score (nSPS) is 17.6. The smallest absolute Gasteiger partial charge is 0.323 e. The maximum atomic E-state index is 13.4. The lowest BCUT2D eigenvalue weighted by Gasteiger charge is -2.43.